The van der Waals surface area contributed by atoms with Crippen molar-refractivity contribution in [2.75, 3.05) is 37.7 Å². The SMILES string of the molecule is N/N=C\c1ccccc1-c1nc(/C=C/CNC=O)c(S)c(N2CCOCC2)n1. The second-order valence-corrected chi connectivity index (χ2v) is 6.45. The molecule has 1 aromatic carbocycles. The Balaban J connectivity index is 2.09. The first-order chi connectivity index (χ1) is 13.7. The van der Waals surface area contributed by atoms with Gasteiger partial charge in [0.25, 0.3) is 0 Å². The number of benzene rings is 1. The van der Waals surface area contributed by atoms with Gasteiger partial charge in [-0.1, -0.05) is 30.3 Å². The Morgan fingerprint density at radius 2 is 2.07 bits per heavy atom. The maximum Gasteiger partial charge on any atom is 0.207 e. The fourth-order valence-electron chi connectivity index (χ4n) is 2.87. The first-order valence-electron chi connectivity index (χ1n) is 8.84. The van der Waals surface area contributed by atoms with Gasteiger partial charge in [0.05, 0.1) is 30.0 Å². The van der Waals surface area contributed by atoms with E-state index >= 15 is 0 Å². The number of nitrogens with one attached hydrogen (secondary N) is 1. The van der Waals surface area contributed by atoms with Gasteiger partial charge in [0.1, 0.15) is 5.82 Å². The van der Waals surface area contributed by atoms with Crippen LogP contribution >= 0.6 is 12.6 Å². The fraction of sp³-hybridized carbons (Fsp3) is 0.263. The summed E-state index contributed by atoms with van der Waals surface area (Å²) in [5, 5.41) is 6.23. The molecule has 0 unspecified atom stereocenters. The number of ether oxygens (including phenoxy) is 1. The summed E-state index contributed by atoms with van der Waals surface area (Å²) in [5.74, 6) is 6.65. The Bertz CT molecular complexity index is 881. The molecule has 0 saturated carbocycles. The molecule has 1 aliphatic heterocycles. The third-order valence-corrected chi connectivity index (χ3v) is 4.64. The van der Waals surface area contributed by atoms with E-state index in [4.69, 9.17) is 15.6 Å². The zero-order chi connectivity index (χ0) is 19.8. The van der Waals surface area contributed by atoms with Crippen molar-refractivity contribution in [3.05, 3.63) is 41.6 Å². The van der Waals surface area contributed by atoms with Crippen LogP contribution in [0.4, 0.5) is 5.82 Å². The van der Waals surface area contributed by atoms with Crippen LogP contribution in [0.1, 0.15) is 11.3 Å². The van der Waals surface area contributed by atoms with Gasteiger partial charge in [0.2, 0.25) is 6.41 Å². The second-order valence-electron chi connectivity index (χ2n) is 6.00. The number of hydrazone groups is 1. The van der Waals surface area contributed by atoms with Crippen LogP contribution in [-0.4, -0.2) is 55.4 Å². The Kier molecular flexibility index (Phi) is 6.99. The molecule has 0 aliphatic carbocycles. The van der Waals surface area contributed by atoms with Gasteiger partial charge in [-0.25, -0.2) is 9.97 Å². The van der Waals surface area contributed by atoms with E-state index in [1.807, 2.05) is 36.4 Å². The predicted octanol–water partition coefficient (Wildman–Crippen LogP) is 1.32. The third kappa shape index (κ3) is 4.68. The number of hydrogen-bond donors (Lipinski definition) is 3. The fourth-order valence-corrected chi connectivity index (χ4v) is 3.19. The van der Waals surface area contributed by atoms with Crippen LogP contribution in [0.25, 0.3) is 17.5 Å². The number of carbonyl (C=O) groups excluding carboxylic acids is 1. The summed E-state index contributed by atoms with van der Waals surface area (Å²) in [6.07, 6.45) is 5.87. The van der Waals surface area contributed by atoms with Gasteiger partial charge in [-0.3, -0.25) is 4.79 Å². The molecule has 3 rings (SSSR count). The highest BCUT2D eigenvalue weighted by Gasteiger charge is 2.20. The van der Waals surface area contributed by atoms with E-state index in [1.165, 1.54) is 0 Å². The molecule has 1 aliphatic rings. The maximum atomic E-state index is 10.5. The Morgan fingerprint density at radius 1 is 1.29 bits per heavy atom. The molecule has 2 aromatic rings. The zero-order valence-electron chi connectivity index (χ0n) is 15.3. The second kappa shape index (κ2) is 9.86. The standard InChI is InChI=1S/C19H22N6O2S/c20-22-12-14-4-1-2-5-15(14)18-23-16(6-3-7-21-13-26)17(28)19(24-18)25-8-10-27-11-9-25/h1-6,12-13,28H,7-11,20H2,(H,21,26)/b6-3+,22-12-. The maximum absolute atomic E-state index is 10.5. The Labute approximate surface area is 168 Å². The smallest absolute Gasteiger partial charge is 0.207 e. The largest absolute Gasteiger partial charge is 0.378 e. The number of nitrogens with two attached hydrogens (primary N) is 1. The predicted molar refractivity (Wildman–Crippen MR) is 113 cm³/mol. The van der Waals surface area contributed by atoms with Crippen LogP contribution in [0, 0.1) is 0 Å². The molecule has 28 heavy (non-hydrogen) atoms. The van der Waals surface area contributed by atoms with Crippen molar-refractivity contribution in [3.8, 4) is 11.4 Å². The summed E-state index contributed by atoms with van der Waals surface area (Å²) in [5.41, 5.74) is 2.31. The van der Waals surface area contributed by atoms with Gasteiger partial charge in [0.15, 0.2) is 5.82 Å². The number of hydrogen-bond acceptors (Lipinski definition) is 8. The minimum absolute atomic E-state index is 0.402. The number of amides is 1. The minimum atomic E-state index is 0.402. The van der Waals surface area contributed by atoms with Crippen molar-refractivity contribution >= 4 is 37.1 Å². The molecule has 1 amide bonds. The molecule has 0 atom stereocenters. The van der Waals surface area contributed by atoms with Crippen LogP contribution in [0.5, 0.6) is 0 Å². The molecule has 1 saturated heterocycles. The van der Waals surface area contributed by atoms with Gasteiger partial charge in [-0.05, 0) is 6.08 Å². The lowest BCUT2D eigenvalue weighted by Gasteiger charge is -2.29. The van der Waals surface area contributed by atoms with Crippen molar-refractivity contribution in [1.29, 1.82) is 0 Å². The number of rotatable bonds is 7. The average Bonchev–Trinajstić information content (AvgIpc) is 2.73. The molecule has 8 nitrogen and oxygen atoms in total. The number of anilines is 1. The summed E-state index contributed by atoms with van der Waals surface area (Å²) < 4.78 is 5.45. The van der Waals surface area contributed by atoms with E-state index in [2.05, 4.69) is 32.9 Å². The van der Waals surface area contributed by atoms with E-state index in [-0.39, 0.29) is 0 Å². The van der Waals surface area contributed by atoms with E-state index in [1.54, 1.807) is 6.21 Å². The van der Waals surface area contributed by atoms with E-state index < -0.39 is 0 Å². The molecular formula is C19H22N6O2S. The first kappa shape index (κ1) is 19.8. The Hall–Kier alpha value is -2.91. The van der Waals surface area contributed by atoms with Crippen molar-refractivity contribution in [1.82, 2.24) is 15.3 Å². The Morgan fingerprint density at radius 3 is 2.82 bits per heavy atom. The number of carbonyl (C=O) groups is 1. The highest BCUT2D eigenvalue weighted by molar-refractivity contribution is 7.80. The molecular weight excluding hydrogens is 376 g/mol. The summed E-state index contributed by atoms with van der Waals surface area (Å²) in [4.78, 5) is 22.7. The van der Waals surface area contributed by atoms with Crippen LogP contribution in [0.3, 0.4) is 0 Å². The normalized spacial score (nSPS) is 14.7. The van der Waals surface area contributed by atoms with E-state index in [0.29, 0.717) is 42.6 Å². The lowest BCUT2D eigenvalue weighted by Crippen LogP contribution is -2.37. The summed E-state index contributed by atoms with van der Waals surface area (Å²) in [6, 6.07) is 7.65. The average molecular weight is 398 g/mol. The third-order valence-electron chi connectivity index (χ3n) is 4.21. The molecule has 0 spiro atoms. The molecule has 0 radical (unpaired) electrons. The van der Waals surface area contributed by atoms with Crippen molar-refractivity contribution < 1.29 is 9.53 Å². The molecule has 1 aromatic heterocycles. The van der Waals surface area contributed by atoms with Crippen molar-refractivity contribution in [3.63, 3.8) is 0 Å². The van der Waals surface area contributed by atoms with Gasteiger partial charge >= 0.3 is 0 Å². The van der Waals surface area contributed by atoms with Crippen LogP contribution in [0.15, 0.2) is 40.3 Å². The molecule has 3 N–H and O–H groups in total. The summed E-state index contributed by atoms with van der Waals surface area (Å²) in [6.45, 7) is 3.13. The summed E-state index contributed by atoms with van der Waals surface area (Å²) in [7, 11) is 0. The minimum Gasteiger partial charge on any atom is -0.378 e. The summed E-state index contributed by atoms with van der Waals surface area (Å²) >= 11 is 4.68. The number of nitrogens with zero attached hydrogens (tertiary/aromatic N) is 4. The lowest BCUT2D eigenvalue weighted by molar-refractivity contribution is -0.109. The molecule has 146 valence electrons. The van der Waals surface area contributed by atoms with Crippen LogP contribution in [-0.2, 0) is 9.53 Å². The first-order valence-corrected chi connectivity index (χ1v) is 9.29. The molecule has 2 heterocycles. The number of morpholine rings is 1. The van der Waals surface area contributed by atoms with Crippen LogP contribution in [0.2, 0.25) is 0 Å². The number of thiol groups is 1. The zero-order valence-corrected chi connectivity index (χ0v) is 16.2. The lowest BCUT2D eigenvalue weighted by atomic mass is 10.1. The monoisotopic (exact) mass is 398 g/mol. The highest BCUT2D eigenvalue weighted by Crippen LogP contribution is 2.30. The molecule has 0 bridgehead atoms. The molecule has 9 heteroatoms. The topological polar surface area (TPSA) is 106 Å². The van der Waals surface area contributed by atoms with E-state index in [9.17, 15) is 4.79 Å². The van der Waals surface area contributed by atoms with Crippen LogP contribution < -0.4 is 16.1 Å². The van der Waals surface area contributed by atoms with Gasteiger partial charge in [-0.2, -0.15) is 5.10 Å². The molecule has 1 fully saturated rings. The van der Waals surface area contributed by atoms with Crippen molar-refractivity contribution in [2.24, 2.45) is 10.9 Å². The highest BCUT2D eigenvalue weighted by atomic mass is 32.1. The van der Waals surface area contributed by atoms with Crippen molar-refractivity contribution in [2.45, 2.75) is 4.90 Å². The number of aromatic nitrogens is 2. The quantitative estimate of drug-likeness (QED) is 0.162. The van der Waals surface area contributed by atoms with Gasteiger partial charge in [-0.15, -0.1) is 12.6 Å². The van der Waals surface area contributed by atoms with E-state index in [0.717, 1.165) is 30.0 Å². The van der Waals surface area contributed by atoms with Gasteiger partial charge < -0.3 is 20.8 Å². The van der Waals surface area contributed by atoms with Gasteiger partial charge in [0, 0.05) is 30.8 Å².